The van der Waals surface area contributed by atoms with Gasteiger partial charge in [-0.25, -0.2) is 0 Å². The number of rotatable bonds is 13. The molecule has 0 aromatic heterocycles. The fourth-order valence-corrected chi connectivity index (χ4v) is 7.73. The molecule has 2 aromatic carbocycles. The quantitative estimate of drug-likeness (QED) is 0.200. The number of fused-ring (bicyclic) bond motifs is 3. The molecule has 10 heteroatoms. The molecule has 1 amide bonds. The summed E-state index contributed by atoms with van der Waals surface area (Å²) >= 11 is 0. The highest BCUT2D eigenvalue weighted by molar-refractivity contribution is 7.54. The van der Waals surface area contributed by atoms with Crippen molar-refractivity contribution in [2.45, 2.75) is 76.2 Å². The van der Waals surface area contributed by atoms with E-state index in [4.69, 9.17) is 13.8 Å². The van der Waals surface area contributed by atoms with Gasteiger partial charge in [0, 0.05) is 6.61 Å². The van der Waals surface area contributed by atoms with Gasteiger partial charge in [0.25, 0.3) is 0 Å². The number of alkyl halides is 3. The van der Waals surface area contributed by atoms with Crippen molar-refractivity contribution < 1.29 is 36.3 Å². The van der Waals surface area contributed by atoms with Gasteiger partial charge in [0.2, 0.25) is 5.91 Å². The second-order valence-corrected chi connectivity index (χ2v) is 12.3. The Morgan fingerprint density at radius 1 is 1.10 bits per heavy atom. The van der Waals surface area contributed by atoms with Crippen LogP contribution in [-0.4, -0.2) is 44.6 Å². The first-order valence-corrected chi connectivity index (χ1v) is 15.4. The molecule has 39 heavy (non-hydrogen) atoms. The summed E-state index contributed by atoms with van der Waals surface area (Å²) in [6.07, 6.45) is -0.0953. The Labute approximate surface area is 228 Å². The predicted molar refractivity (Wildman–Crippen MR) is 144 cm³/mol. The molecule has 0 radical (unpaired) electrons. The van der Waals surface area contributed by atoms with Crippen molar-refractivity contribution in [3.63, 3.8) is 0 Å². The van der Waals surface area contributed by atoms with Crippen molar-refractivity contribution in [3.05, 3.63) is 59.2 Å². The van der Waals surface area contributed by atoms with E-state index in [1.807, 2.05) is 32.0 Å². The zero-order chi connectivity index (χ0) is 28.0. The van der Waals surface area contributed by atoms with Crippen LogP contribution in [0.25, 0.3) is 11.1 Å². The molecule has 4 atom stereocenters. The van der Waals surface area contributed by atoms with Crippen molar-refractivity contribution in [1.29, 1.82) is 0 Å². The van der Waals surface area contributed by atoms with Crippen molar-refractivity contribution in [2.24, 2.45) is 0 Å². The van der Waals surface area contributed by atoms with Gasteiger partial charge in [0.15, 0.2) is 0 Å². The highest BCUT2D eigenvalue weighted by Gasteiger charge is 2.43. The maximum absolute atomic E-state index is 14.6. The molecule has 1 saturated heterocycles. The SMILES string of the molecule is CCCCOP(=O)(OCC1CCCO1)C(CCC)c1cccc2c1-c1ccccc1C2C(=O)NCC(F)(F)F. The summed E-state index contributed by atoms with van der Waals surface area (Å²) in [5.41, 5.74) is 2.79. The molecule has 2 aromatic rings. The molecule has 1 heterocycles. The van der Waals surface area contributed by atoms with Crippen LogP contribution in [0.3, 0.4) is 0 Å². The topological polar surface area (TPSA) is 73.9 Å². The zero-order valence-corrected chi connectivity index (χ0v) is 23.4. The average Bonchev–Trinajstić information content (AvgIpc) is 3.55. The lowest BCUT2D eigenvalue weighted by Gasteiger charge is -2.29. The second-order valence-electron chi connectivity index (χ2n) is 10.1. The van der Waals surface area contributed by atoms with Crippen LogP contribution in [0.5, 0.6) is 0 Å². The monoisotopic (exact) mass is 567 g/mol. The number of halogens is 3. The van der Waals surface area contributed by atoms with E-state index in [1.54, 1.807) is 24.3 Å². The van der Waals surface area contributed by atoms with Crippen LogP contribution in [0.15, 0.2) is 42.5 Å². The summed E-state index contributed by atoms with van der Waals surface area (Å²) in [4.78, 5) is 13.1. The van der Waals surface area contributed by atoms with E-state index < -0.39 is 37.8 Å². The van der Waals surface area contributed by atoms with E-state index in [0.29, 0.717) is 30.6 Å². The molecule has 0 saturated carbocycles. The maximum atomic E-state index is 14.6. The molecule has 1 fully saturated rings. The van der Waals surface area contributed by atoms with E-state index in [9.17, 15) is 22.5 Å². The largest absolute Gasteiger partial charge is 0.405 e. The first-order chi connectivity index (χ1) is 18.7. The van der Waals surface area contributed by atoms with Gasteiger partial charge in [-0.1, -0.05) is 69.2 Å². The zero-order valence-electron chi connectivity index (χ0n) is 22.5. The van der Waals surface area contributed by atoms with E-state index in [1.165, 1.54) is 0 Å². The average molecular weight is 568 g/mol. The minimum atomic E-state index is -4.52. The second kappa shape index (κ2) is 13.0. The van der Waals surface area contributed by atoms with Crippen LogP contribution in [0.1, 0.15) is 80.6 Å². The minimum Gasteiger partial charge on any atom is -0.376 e. The van der Waals surface area contributed by atoms with Gasteiger partial charge in [-0.3, -0.25) is 9.36 Å². The van der Waals surface area contributed by atoms with Crippen LogP contribution in [0.4, 0.5) is 13.2 Å². The van der Waals surface area contributed by atoms with Crippen LogP contribution in [-0.2, 0) is 23.1 Å². The number of nitrogens with one attached hydrogen (secondary N) is 1. The molecule has 1 aliphatic carbocycles. The van der Waals surface area contributed by atoms with E-state index in [-0.39, 0.29) is 19.3 Å². The Bertz CT molecular complexity index is 1180. The number of carbonyl (C=O) groups is 1. The van der Waals surface area contributed by atoms with Crippen LogP contribution in [0, 0.1) is 0 Å². The molecule has 1 aliphatic heterocycles. The standard InChI is InChI=1S/C29H37F3NO5P/c1-3-5-17-37-39(35,38-18-20-11-9-16-36-20)25(10-4-2)23-14-8-15-24-26(23)21-12-6-7-13-22(21)27(24)28(34)33-19-29(30,31)32/h6-8,12-15,20,25,27H,3-5,9-11,16-19H2,1-2H3,(H,33,34). The summed E-state index contributed by atoms with van der Waals surface area (Å²) in [7, 11) is -3.70. The summed E-state index contributed by atoms with van der Waals surface area (Å²) < 4.78 is 71.2. The third-order valence-electron chi connectivity index (χ3n) is 7.24. The predicted octanol–water partition coefficient (Wildman–Crippen LogP) is 7.52. The number of hydrogen-bond donors (Lipinski definition) is 1. The first kappa shape index (κ1) is 29.8. The number of carbonyl (C=O) groups excluding carboxylic acids is 1. The minimum absolute atomic E-state index is 0.140. The highest BCUT2D eigenvalue weighted by atomic mass is 31.2. The molecular formula is C29H37F3NO5P. The van der Waals surface area contributed by atoms with Gasteiger partial charge in [-0.15, -0.1) is 0 Å². The molecule has 4 rings (SSSR count). The van der Waals surface area contributed by atoms with Gasteiger partial charge < -0.3 is 19.1 Å². The Morgan fingerprint density at radius 2 is 1.87 bits per heavy atom. The van der Waals surface area contributed by atoms with Gasteiger partial charge in [0.05, 0.1) is 30.9 Å². The van der Waals surface area contributed by atoms with E-state index >= 15 is 0 Å². The van der Waals surface area contributed by atoms with Crippen LogP contribution < -0.4 is 5.32 Å². The molecule has 0 bridgehead atoms. The maximum Gasteiger partial charge on any atom is 0.405 e. The molecule has 1 N–H and O–H groups in total. The molecule has 6 nitrogen and oxygen atoms in total. The fraction of sp³-hybridized carbons (Fsp3) is 0.552. The smallest absolute Gasteiger partial charge is 0.376 e. The molecule has 0 spiro atoms. The summed E-state index contributed by atoms with van der Waals surface area (Å²) in [5, 5.41) is 2.05. The third kappa shape index (κ3) is 6.94. The van der Waals surface area contributed by atoms with Gasteiger partial charge in [-0.05, 0) is 53.5 Å². The molecular weight excluding hydrogens is 530 g/mol. The van der Waals surface area contributed by atoms with Gasteiger partial charge in [-0.2, -0.15) is 13.2 Å². The van der Waals surface area contributed by atoms with E-state index in [2.05, 4.69) is 5.32 Å². The lowest BCUT2D eigenvalue weighted by Crippen LogP contribution is -2.36. The number of benzene rings is 2. The lowest BCUT2D eigenvalue weighted by molar-refractivity contribution is -0.138. The van der Waals surface area contributed by atoms with Crippen molar-refractivity contribution >= 4 is 13.5 Å². The summed E-state index contributed by atoms with van der Waals surface area (Å²) in [6.45, 7) is 3.71. The Morgan fingerprint density at radius 3 is 2.56 bits per heavy atom. The number of amides is 1. The van der Waals surface area contributed by atoms with E-state index in [0.717, 1.165) is 42.4 Å². The number of hydrogen-bond acceptors (Lipinski definition) is 5. The van der Waals surface area contributed by atoms with Crippen LogP contribution in [0.2, 0.25) is 0 Å². The molecule has 214 valence electrons. The number of unbranched alkanes of at least 4 members (excludes halogenated alkanes) is 1. The Hall–Kier alpha value is -2.19. The first-order valence-electron chi connectivity index (χ1n) is 13.8. The normalized spacial score (nSPS) is 20.7. The summed E-state index contributed by atoms with van der Waals surface area (Å²) in [6, 6.07) is 12.6. The fourth-order valence-electron chi connectivity index (χ4n) is 5.41. The Kier molecular flexibility index (Phi) is 9.92. The van der Waals surface area contributed by atoms with Crippen molar-refractivity contribution in [1.82, 2.24) is 5.32 Å². The molecule has 2 aliphatic rings. The van der Waals surface area contributed by atoms with Crippen molar-refractivity contribution in [2.75, 3.05) is 26.4 Å². The third-order valence-corrected chi connectivity index (χ3v) is 9.59. The Balaban J connectivity index is 1.76. The molecule has 4 unspecified atom stereocenters. The summed E-state index contributed by atoms with van der Waals surface area (Å²) in [5.74, 6) is -1.63. The highest BCUT2D eigenvalue weighted by Crippen LogP contribution is 2.65. The van der Waals surface area contributed by atoms with Gasteiger partial charge in [0.1, 0.15) is 6.54 Å². The lowest BCUT2D eigenvalue weighted by atomic mass is 9.93. The number of ether oxygens (including phenoxy) is 1. The van der Waals surface area contributed by atoms with Gasteiger partial charge >= 0.3 is 13.8 Å². The van der Waals surface area contributed by atoms with Crippen LogP contribution >= 0.6 is 7.60 Å². The van der Waals surface area contributed by atoms with Crippen molar-refractivity contribution in [3.8, 4) is 11.1 Å².